The lowest BCUT2D eigenvalue weighted by Gasteiger charge is -2.22. The molecule has 6 heteroatoms. The number of nitrogens with zero attached hydrogens (tertiary/aromatic N) is 1. The predicted octanol–water partition coefficient (Wildman–Crippen LogP) is 2.57. The van der Waals surface area contributed by atoms with Gasteiger partial charge >= 0.3 is 0 Å². The zero-order chi connectivity index (χ0) is 16.2. The van der Waals surface area contributed by atoms with Crippen LogP contribution in [-0.4, -0.2) is 28.6 Å². The number of aromatic nitrogens is 1. The van der Waals surface area contributed by atoms with E-state index in [0.29, 0.717) is 5.75 Å². The van der Waals surface area contributed by atoms with Crippen LogP contribution >= 0.6 is 11.3 Å². The van der Waals surface area contributed by atoms with Crippen molar-refractivity contribution in [3.05, 3.63) is 46.4 Å². The quantitative estimate of drug-likeness (QED) is 0.858. The molecular weight excluding hydrogens is 300 g/mol. The molecule has 2 rings (SSSR count). The summed E-state index contributed by atoms with van der Waals surface area (Å²) in [5.74, 6) is 0.0684. The van der Waals surface area contributed by atoms with Gasteiger partial charge in [0.15, 0.2) is 11.4 Å². The molecule has 1 unspecified atom stereocenters. The fraction of sp³-hybridized carbons (Fsp3) is 0.375. The molecule has 2 heterocycles. The Kier molecular flexibility index (Phi) is 5.15. The van der Waals surface area contributed by atoms with Crippen LogP contribution in [0.4, 0.5) is 0 Å². The van der Waals surface area contributed by atoms with Crippen LogP contribution < -0.4 is 10.1 Å². The van der Waals surface area contributed by atoms with E-state index in [1.807, 2.05) is 31.4 Å². The highest BCUT2D eigenvalue weighted by Gasteiger charge is 2.26. The SMILES string of the molecule is CC(C)Oc1cccnc1C(=O)NCC(C)(O)c1cccs1. The third-order valence-corrected chi connectivity index (χ3v) is 4.12. The first-order valence-corrected chi connectivity index (χ1v) is 7.94. The molecule has 22 heavy (non-hydrogen) atoms. The monoisotopic (exact) mass is 320 g/mol. The fourth-order valence-corrected chi connectivity index (χ4v) is 2.71. The lowest BCUT2D eigenvalue weighted by Crippen LogP contribution is -2.38. The van der Waals surface area contributed by atoms with Crippen LogP contribution in [0, 0.1) is 0 Å². The van der Waals surface area contributed by atoms with Crippen molar-refractivity contribution in [3.8, 4) is 5.75 Å². The van der Waals surface area contributed by atoms with Crippen LogP contribution in [0.5, 0.6) is 5.75 Å². The average Bonchev–Trinajstić information content (AvgIpc) is 3.00. The number of hydrogen-bond acceptors (Lipinski definition) is 5. The minimum Gasteiger partial charge on any atom is -0.489 e. The Balaban J connectivity index is 2.07. The van der Waals surface area contributed by atoms with Crippen LogP contribution in [-0.2, 0) is 5.60 Å². The highest BCUT2D eigenvalue weighted by atomic mass is 32.1. The van der Waals surface area contributed by atoms with E-state index in [0.717, 1.165) is 4.88 Å². The van der Waals surface area contributed by atoms with Crippen molar-refractivity contribution < 1.29 is 14.6 Å². The summed E-state index contributed by atoms with van der Waals surface area (Å²) >= 11 is 1.45. The van der Waals surface area contributed by atoms with E-state index in [1.54, 1.807) is 25.3 Å². The van der Waals surface area contributed by atoms with Crippen molar-refractivity contribution in [3.63, 3.8) is 0 Å². The first-order valence-electron chi connectivity index (χ1n) is 7.06. The molecule has 2 aromatic heterocycles. The van der Waals surface area contributed by atoms with Crippen LogP contribution in [0.1, 0.15) is 36.1 Å². The molecule has 0 aliphatic carbocycles. The number of ether oxygens (including phenoxy) is 1. The van der Waals surface area contributed by atoms with Gasteiger partial charge in [-0.1, -0.05) is 6.07 Å². The lowest BCUT2D eigenvalue weighted by atomic mass is 10.1. The number of hydrogen-bond donors (Lipinski definition) is 2. The summed E-state index contributed by atoms with van der Waals surface area (Å²) in [5.41, 5.74) is -0.893. The lowest BCUT2D eigenvalue weighted by molar-refractivity contribution is 0.0553. The maximum absolute atomic E-state index is 12.3. The van der Waals surface area contributed by atoms with E-state index in [4.69, 9.17) is 4.74 Å². The maximum atomic E-state index is 12.3. The van der Waals surface area contributed by atoms with E-state index < -0.39 is 5.60 Å². The summed E-state index contributed by atoms with van der Waals surface area (Å²) in [7, 11) is 0. The molecule has 0 spiro atoms. The third-order valence-electron chi connectivity index (χ3n) is 2.99. The molecule has 0 aliphatic rings. The number of pyridine rings is 1. The van der Waals surface area contributed by atoms with Gasteiger partial charge in [-0.15, -0.1) is 11.3 Å². The van der Waals surface area contributed by atoms with Gasteiger partial charge in [0.05, 0.1) is 12.6 Å². The molecule has 0 fully saturated rings. The molecule has 0 radical (unpaired) electrons. The fourth-order valence-electron chi connectivity index (χ4n) is 1.92. The van der Waals surface area contributed by atoms with Crippen LogP contribution in [0.25, 0.3) is 0 Å². The van der Waals surface area contributed by atoms with Crippen molar-refractivity contribution in [2.75, 3.05) is 6.54 Å². The first kappa shape index (κ1) is 16.5. The van der Waals surface area contributed by atoms with E-state index in [9.17, 15) is 9.90 Å². The second-order valence-electron chi connectivity index (χ2n) is 5.45. The molecule has 118 valence electrons. The molecule has 1 atom stereocenters. The molecule has 0 bridgehead atoms. The topological polar surface area (TPSA) is 71.5 Å². The normalized spacial score (nSPS) is 13.7. The van der Waals surface area contributed by atoms with Crippen molar-refractivity contribution in [2.24, 2.45) is 0 Å². The van der Waals surface area contributed by atoms with E-state index in [2.05, 4.69) is 10.3 Å². The Bertz CT molecular complexity index is 624. The summed E-state index contributed by atoms with van der Waals surface area (Å²) in [6.07, 6.45) is 1.49. The van der Waals surface area contributed by atoms with Gasteiger partial charge in [-0.3, -0.25) is 4.79 Å². The minimum absolute atomic E-state index is 0.0509. The van der Waals surface area contributed by atoms with Crippen molar-refractivity contribution in [1.29, 1.82) is 0 Å². The van der Waals surface area contributed by atoms with Gasteiger partial charge in [-0.05, 0) is 44.4 Å². The van der Waals surface area contributed by atoms with Crippen LogP contribution in [0.3, 0.4) is 0 Å². The zero-order valence-electron chi connectivity index (χ0n) is 12.9. The number of carbonyl (C=O) groups excluding carboxylic acids is 1. The third kappa shape index (κ3) is 4.05. The summed E-state index contributed by atoms with van der Waals surface area (Å²) in [6.45, 7) is 5.54. The molecule has 0 aliphatic heterocycles. The Morgan fingerprint density at radius 1 is 1.45 bits per heavy atom. The number of aliphatic hydroxyl groups is 1. The molecule has 2 aromatic rings. The van der Waals surface area contributed by atoms with Gasteiger partial charge in [0.25, 0.3) is 5.91 Å². The van der Waals surface area contributed by atoms with Gasteiger partial charge in [-0.25, -0.2) is 4.98 Å². The van der Waals surface area contributed by atoms with E-state index >= 15 is 0 Å². The maximum Gasteiger partial charge on any atom is 0.273 e. The van der Waals surface area contributed by atoms with Crippen LogP contribution in [0.2, 0.25) is 0 Å². The molecule has 0 saturated heterocycles. The molecule has 2 N–H and O–H groups in total. The second-order valence-corrected chi connectivity index (χ2v) is 6.40. The number of nitrogens with one attached hydrogen (secondary N) is 1. The molecule has 5 nitrogen and oxygen atoms in total. The Morgan fingerprint density at radius 3 is 2.86 bits per heavy atom. The van der Waals surface area contributed by atoms with Crippen LogP contribution in [0.15, 0.2) is 35.8 Å². The summed E-state index contributed by atoms with van der Waals surface area (Å²) in [5, 5.41) is 15.0. The van der Waals surface area contributed by atoms with Crippen molar-refractivity contribution in [1.82, 2.24) is 10.3 Å². The number of thiophene rings is 1. The van der Waals surface area contributed by atoms with E-state index in [-0.39, 0.29) is 24.2 Å². The Morgan fingerprint density at radius 2 is 2.23 bits per heavy atom. The first-order chi connectivity index (χ1) is 10.4. The van der Waals surface area contributed by atoms with Crippen molar-refractivity contribution >= 4 is 17.2 Å². The average molecular weight is 320 g/mol. The summed E-state index contributed by atoms with van der Waals surface area (Å²) in [6, 6.07) is 7.13. The van der Waals surface area contributed by atoms with Gasteiger partial charge in [-0.2, -0.15) is 0 Å². The number of carbonyl (C=O) groups is 1. The number of rotatable bonds is 6. The molecule has 0 saturated carbocycles. The smallest absolute Gasteiger partial charge is 0.273 e. The van der Waals surface area contributed by atoms with Gasteiger partial charge < -0.3 is 15.2 Å². The van der Waals surface area contributed by atoms with Gasteiger partial charge in [0.1, 0.15) is 5.60 Å². The predicted molar refractivity (Wildman–Crippen MR) is 86.2 cm³/mol. The summed E-state index contributed by atoms with van der Waals surface area (Å²) < 4.78 is 5.59. The second kappa shape index (κ2) is 6.89. The zero-order valence-corrected chi connectivity index (χ0v) is 13.7. The molecular formula is C16H20N2O3S. The summed E-state index contributed by atoms with van der Waals surface area (Å²) in [4.78, 5) is 17.2. The molecule has 1 amide bonds. The minimum atomic E-state index is -1.11. The van der Waals surface area contributed by atoms with Gasteiger partial charge in [0, 0.05) is 11.1 Å². The number of amides is 1. The standard InChI is InChI=1S/C16H20N2O3S/c1-11(2)21-12-6-4-8-17-14(12)15(19)18-10-16(3,20)13-7-5-9-22-13/h4-9,11,20H,10H2,1-3H3,(H,18,19). The largest absolute Gasteiger partial charge is 0.489 e. The Labute approximate surface area is 134 Å². The highest BCUT2D eigenvalue weighted by Crippen LogP contribution is 2.24. The Hall–Kier alpha value is -1.92. The van der Waals surface area contributed by atoms with Crippen molar-refractivity contribution in [2.45, 2.75) is 32.5 Å². The van der Waals surface area contributed by atoms with Gasteiger partial charge in [0.2, 0.25) is 0 Å². The van der Waals surface area contributed by atoms with E-state index in [1.165, 1.54) is 11.3 Å². The molecule has 0 aromatic carbocycles. The highest BCUT2D eigenvalue weighted by molar-refractivity contribution is 7.10.